The Balaban J connectivity index is 1.76. The van der Waals surface area contributed by atoms with Crippen LogP contribution in [-0.2, 0) is 16.6 Å². The van der Waals surface area contributed by atoms with E-state index in [0.717, 1.165) is 11.1 Å². The van der Waals surface area contributed by atoms with Gasteiger partial charge in [0.25, 0.3) is 5.91 Å². The summed E-state index contributed by atoms with van der Waals surface area (Å²) >= 11 is 0. The zero-order valence-corrected chi connectivity index (χ0v) is 15.8. The van der Waals surface area contributed by atoms with Gasteiger partial charge in [0.1, 0.15) is 5.76 Å². The largest absolute Gasteiger partial charge is 0.468 e. The van der Waals surface area contributed by atoms with E-state index < -0.39 is 10.0 Å². The zero-order valence-electron chi connectivity index (χ0n) is 15.0. The lowest BCUT2D eigenvalue weighted by Crippen LogP contribution is -2.23. The van der Waals surface area contributed by atoms with Crippen LogP contribution in [0.2, 0.25) is 0 Å². The zero-order chi connectivity index (χ0) is 19.4. The highest BCUT2D eigenvalue weighted by Gasteiger charge is 2.17. The molecular formula is C20H20N2O4S. The molecule has 0 fully saturated rings. The van der Waals surface area contributed by atoms with Crippen LogP contribution in [0.25, 0.3) is 0 Å². The summed E-state index contributed by atoms with van der Waals surface area (Å²) in [5.74, 6) is 0.130. The topological polar surface area (TPSA) is 88.4 Å². The van der Waals surface area contributed by atoms with Gasteiger partial charge in [-0.3, -0.25) is 4.79 Å². The normalized spacial score (nSPS) is 11.3. The first kappa shape index (κ1) is 18.9. The minimum Gasteiger partial charge on any atom is -0.468 e. The molecule has 140 valence electrons. The van der Waals surface area contributed by atoms with Crippen LogP contribution in [0.4, 0.5) is 5.69 Å². The van der Waals surface area contributed by atoms with E-state index in [1.807, 2.05) is 32.0 Å². The molecule has 2 aromatic carbocycles. The molecule has 0 bridgehead atoms. The molecule has 1 amide bonds. The number of hydrogen-bond donors (Lipinski definition) is 2. The summed E-state index contributed by atoms with van der Waals surface area (Å²) in [4.78, 5) is 12.5. The van der Waals surface area contributed by atoms with E-state index in [1.54, 1.807) is 18.2 Å². The van der Waals surface area contributed by atoms with Crippen molar-refractivity contribution in [1.29, 1.82) is 0 Å². The summed E-state index contributed by atoms with van der Waals surface area (Å²) in [5.41, 5.74) is 2.99. The van der Waals surface area contributed by atoms with Crippen molar-refractivity contribution in [3.05, 3.63) is 83.3 Å². The minimum absolute atomic E-state index is 0.0159. The average Bonchev–Trinajstić information content (AvgIpc) is 3.13. The number of sulfonamides is 1. The van der Waals surface area contributed by atoms with Gasteiger partial charge in [0.2, 0.25) is 10.0 Å². The van der Waals surface area contributed by atoms with Crippen LogP contribution in [0, 0.1) is 13.8 Å². The van der Waals surface area contributed by atoms with Gasteiger partial charge in [-0.05, 0) is 67.4 Å². The molecule has 0 aliphatic rings. The molecule has 1 heterocycles. The van der Waals surface area contributed by atoms with E-state index in [2.05, 4.69) is 10.0 Å². The van der Waals surface area contributed by atoms with E-state index in [9.17, 15) is 13.2 Å². The fourth-order valence-electron chi connectivity index (χ4n) is 2.72. The van der Waals surface area contributed by atoms with Crippen LogP contribution in [-0.4, -0.2) is 14.3 Å². The molecule has 1 aromatic heterocycles. The molecule has 6 nitrogen and oxygen atoms in total. The molecule has 3 aromatic rings. The Morgan fingerprint density at radius 3 is 2.41 bits per heavy atom. The Hall–Kier alpha value is -2.90. The number of aryl methyl sites for hydroxylation is 2. The van der Waals surface area contributed by atoms with Gasteiger partial charge in [-0.25, -0.2) is 13.1 Å². The SMILES string of the molecule is Cc1cc(C)cc(NC(=O)c2cccc(S(=O)(=O)NCc3ccco3)c2)c1. The van der Waals surface area contributed by atoms with Crippen molar-refractivity contribution in [3.8, 4) is 0 Å². The van der Waals surface area contributed by atoms with Gasteiger partial charge < -0.3 is 9.73 Å². The molecule has 0 radical (unpaired) electrons. The summed E-state index contributed by atoms with van der Waals surface area (Å²) in [6, 6.07) is 15.0. The first-order valence-corrected chi connectivity index (χ1v) is 9.83. The Kier molecular flexibility index (Phi) is 5.43. The lowest BCUT2D eigenvalue weighted by Gasteiger charge is -2.10. The third-order valence-electron chi connectivity index (χ3n) is 3.90. The summed E-state index contributed by atoms with van der Waals surface area (Å²) in [7, 11) is -3.77. The maximum atomic E-state index is 12.5. The van der Waals surface area contributed by atoms with Crippen molar-refractivity contribution in [2.75, 3.05) is 5.32 Å². The van der Waals surface area contributed by atoms with Gasteiger partial charge in [-0.15, -0.1) is 0 Å². The second kappa shape index (κ2) is 7.77. The van der Waals surface area contributed by atoms with Crippen LogP contribution < -0.4 is 10.0 Å². The summed E-state index contributed by atoms with van der Waals surface area (Å²) < 4.78 is 32.5. The molecule has 0 saturated carbocycles. The average molecular weight is 384 g/mol. The monoisotopic (exact) mass is 384 g/mol. The molecule has 0 saturated heterocycles. The van der Waals surface area contributed by atoms with E-state index >= 15 is 0 Å². The Bertz CT molecular complexity index is 1040. The number of furan rings is 1. The maximum Gasteiger partial charge on any atom is 0.255 e. The van der Waals surface area contributed by atoms with Gasteiger partial charge in [0.05, 0.1) is 17.7 Å². The first-order valence-electron chi connectivity index (χ1n) is 8.35. The third-order valence-corrected chi connectivity index (χ3v) is 5.30. The quantitative estimate of drug-likeness (QED) is 0.679. The highest BCUT2D eigenvalue weighted by molar-refractivity contribution is 7.89. The molecule has 0 spiro atoms. The number of carbonyl (C=O) groups excluding carboxylic acids is 1. The number of amides is 1. The maximum absolute atomic E-state index is 12.5. The summed E-state index contributed by atoms with van der Waals surface area (Å²) in [6.07, 6.45) is 1.47. The predicted octanol–water partition coefficient (Wildman–Crippen LogP) is 3.63. The lowest BCUT2D eigenvalue weighted by molar-refractivity contribution is 0.102. The summed E-state index contributed by atoms with van der Waals surface area (Å²) in [6.45, 7) is 3.93. The number of rotatable bonds is 6. The van der Waals surface area contributed by atoms with E-state index in [-0.39, 0.29) is 22.9 Å². The standard InChI is InChI=1S/C20H20N2O4S/c1-14-9-15(2)11-17(10-14)22-20(23)16-5-3-7-19(12-16)27(24,25)21-13-18-6-4-8-26-18/h3-12,21H,13H2,1-2H3,(H,22,23). The second-order valence-corrected chi connectivity index (χ2v) is 8.03. The Labute approximate surface area is 158 Å². The number of hydrogen-bond acceptors (Lipinski definition) is 4. The third kappa shape index (κ3) is 4.84. The van der Waals surface area contributed by atoms with E-state index in [4.69, 9.17) is 4.42 Å². The van der Waals surface area contributed by atoms with Gasteiger partial charge in [0, 0.05) is 11.3 Å². The molecule has 0 unspecified atom stereocenters. The number of anilines is 1. The highest BCUT2D eigenvalue weighted by Crippen LogP contribution is 2.17. The van der Waals surface area contributed by atoms with Crippen molar-refractivity contribution >= 4 is 21.6 Å². The fourth-order valence-corrected chi connectivity index (χ4v) is 3.76. The van der Waals surface area contributed by atoms with Gasteiger partial charge in [0.15, 0.2) is 0 Å². The smallest absolute Gasteiger partial charge is 0.255 e. The fraction of sp³-hybridized carbons (Fsp3) is 0.150. The van der Waals surface area contributed by atoms with Gasteiger partial charge in [-0.2, -0.15) is 0 Å². The number of nitrogens with one attached hydrogen (secondary N) is 2. The summed E-state index contributed by atoms with van der Waals surface area (Å²) in [5, 5.41) is 2.80. The first-order chi connectivity index (χ1) is 12.8. The molecule has 0 aliphatic carbocycles. The highest BCUT2D eigenvalue weighted by atomic mass is 32.2. The minimum atomic E-state index is -3.77. The number of benzene rings is 2. The van der Waals surface area contributed by atoms with Gasteiger partial charge in [-0.1, -0.05) is 12.1 Å². The second-order valence-electron chi connectivity index (χ2n) is 6.26. The van der Waals surface area contributed by atoms with Crippen LogP contribution >= 0.6 is 0 Å². The van der Waals surface area contributed by atoms with Crippen molar-refractivity contribution in [2.24, 2.45) is 0 Å². The molecule has 2 N–H and O–H groups in total. The lowest BCUT2D eigenvalue weighted by atomic mass is 10.1. The van der Waals surface area contributed by atoms with Gasteiger partial charge >= 0.3 is 0 Å². The molecule has 7 heteroatoms. The van der Waals surface area contributed by atoms with Crippen molar-refractivity contribution in [1.82, 2.24) is 4.72 Å². The Morgan fingerprint density at radius 2 is 1.74 bits per heavy atom. The van der Waals surface area contributed by atoms with Crippen molar-refractivity contribution in [3.63, 3.8) is 0 Å². The number of carbonyl (C=O) groups is 1. The predicted molar refractivity (Wildman–Crippen MR) is 103 cm³/mol. The van der Waals surface area contributed by atoms with Crippen molar-refractivity contribution in [2.45, 2.75) is 25.3 Å². The van der Waals surface area contributed by atoms with Crippen molar-refractivity contribution < 1.29 is 17.6 Å². The van der Waals surface area contributed by atoms with Crippen LogP contribution in [0.5, 0.6) is 0 Å². The molecule has 0 aliphatic heterocycles. The molecule has 0 atom stereocenters. The van der Waals surface area contributed by atoms with E-state index in [0.29, 0.717) is 11.4 Å². The van der Waals surface area contributed by atoms with E-state index in [1.165, 1.54) is 24.5 Å². The molecular weight excluding hydrogens is 364 g/mol. The van der Waals surface area contributed by atoms with Crippen LogP contribution in [0.3, 0.4) is 0 Å². The molecule has 27 heavy (non-hydrogen) atoms. The Morgan fingerprint density at radius 1 is 1.00 bits per heavy atom. The van der Waals surface area contributed by atoms with Crippen LogP contribution in [0.1, 0.15) is 27.2 Å². The van der Waals surface area contributed by atoms with Crippen LogP contribution in [0.15, 0.2) is 70.2 Å². The molecule has 3 rings (SSSR count).